The zero-order chi connectivity index (χ0) is 12.8. The second-order valence-electron chi connectivity index (χ2n) is 3.75. The fourth-order valence-electron chi connectivity index (χ4n) is 1.49. The van der Waals surface area contributed by atoms with Crippen molar-refractivity contribution in [2.45, 2.75) is 20.3 Å². The van der Waals surface area contributed by atoms with Crippen LogP contribution >= 0.6 is 11.6 Å². The molecule has 0 spiro atoms. The predicted molar refractivity (Wildman–Crippen MR) is 66.0 cm³/mol. The van der Waals surface area contributed by atoms with E-state index in [1.807, 2.05) is 0 Å². The van der Waals surface area contributed by atoms with Gasteiger partial charge in [0.1, 0.15) is 11.7 Å². The number of hydrogen-bond acceptors (Lipinski definition) is 3. The van der Waals surface area contributed by atoms with Crippen LogP contribution in [0.3, 0.4) is 0 Å². The van der Waals surface area contributed by atoms with Crippen molar-refractivity contribution in [3.05, 3.63) is 34.9 Å². The van der Waals surface area contributed by atoms with Crippen LogP contribution in [0.1, 0.15) is 19.4 Å². The average molecular weight is 255 g/mol. The number of halogens is 1. The molecule has 0 aliphatic carbocycles. The van der Waals surface area contributed by atoms with Gasteiger partial charge in [-0.15, -0.1) is 0 Å². The summed E-state index contributed by atoms with van der Waals surface area (Å²) >= 11 is 5.76. The molecule has 0 unspecified atom stereocenters. The number of benzene rings is 1. The maximum Gasteiger partial charge on any atom is 0.316 e. The Morgan fingerprint density at radius 2 is 1.88 bits per heavy atom. The molecule has 0 N–H and O–H groups in total. The molecule has 0 heterocycles. The average Bonchev–Trinajstić information content (AvgIpc) is 2.28. The summed E-state index contributed by atoms with van der Waals surface area (Å²) in [6.45, 7) is 3.40. The third kappa shape index (κ3) is 4.19. The van der Waals surface area contributed by atoms with Gasteiger partial charge in [0.2, 0.25) is 0 Å². The Hall–Kier alpha value is -1.35. The SMILES string of the molecule is CCOC(=O)[C@H](Cc1ccc(Cl)cc1)C(C)=O. The zero-order valence-corrected chi connectivity index (χ0v) is 10.7. The number of carbonyl (C=O) groups is 2. The molecule has 0 bridgehead atoms. The number of Topliss-reactive ketones (excluding diaryl/α,β-unsaturated/α-hetero) is 1. The van der Waals surface area contributed by atoms with Gasteiger partial charge in [-0.3, -0.25) is 9.59 Å². The second-order valence-corrected chi connectivity index (χ2v) is 4.18. The summed E-state index contributed by atoms with van der Waals surface area (Å²) in [4.78, 5) is 23.0. The van der Waals surface area contributed by atoms with E-state index in [4.69, 9.17) is 16.3 Å². The van der Waals surface area contributed by atoms with Gasteiger partial charge in [-0.1, -0.05) is 23.7 Å². The Morgan fingerprint density at radius 3 is 2.35 bits per heavy atom. The molecular formula is C13H15ClO3. The van der Waals surface area contributed by atoms with E-state index in [2.05, 4.69) is 0 Å². The number of rotatable bonds is 5. The molecule has 92 valence electrons. The third-order valence-corrected chi connectivity index (χ3v) is 2.67. The minimum atomic E-state index is -0.726. The van der Waals surface area contributed by atoms with Crippen LogP contribution in [-0.4, -0.2) is 18.4 Å². The lowest BCUT2D eigenvalue weighted by Crippen LogP contribution is -2.26. The molecule has 17 heavy (non-hydrogen) atoms. The first-order valence-electron chi connectivity index (χ1n) is 5.46. The molecule has 0 radical (unpaired) electrons. The number of ether oxygens (including phenoxy) is 1. The van der Waals surface area contributed by atoms with Crippen molar-refractivity contribution in [1.29, 1.82) is 0 Å². The molecule has 0 amide bonds. The van der Waals surface area contributed by atoms with Gasteiger partial charge in [-0.05, 0) is 38.0 Å². The van der Waals surface area contributed by atoms with Crippen molar-refractivity contribution in [3.63, 3.8) is 0 Å². The molecule has 4 heteroatoms. The van der Waals surface area contributed by atoms with Gasteiger partial charge in [0.15, 0.2) is 0 Å². The van der Waals surface area contributed by atoms with E-state index >= 15 is 0 Å². The fourth-order valence-corrected chi connectivity index (χ4v) is 1.62. The highest BCUT2D eigenvalue weighted by Crippen LogP contribution is 2.15. The van der Waals surface area contributed by atoms with Crippen LogP contribution in [0.2, 0.25) is 5.02 Å². The Morgan fingerprint density at radius 1 is 1.29 bits per heavy atom. The van der Waals surface area contributed by atoms with Gasteiger partial charge in [0.05, 0.1) is 6.61 Å². The summed E-state index contributed by atoms with van der Waals surface area (Å²) in [5, 5.41) is 0.629. The minimum absolute atomic E-state index is 0.182. The van der Waals surface area contributed by atoms with Gasteiger partial charge < -0.3 is 4.74 Å². The second kappa shape index (κ2) is 6.40. The van der Waals surface area contributed by atoms with Crippen LogP contribution in [0.4, 0.5) is 0 Å². The highest BCUT2D eigenvalue weighted by molar-refractivity contribution is 6.30. The smallest absolute Gasteiger partial charge is 0.316 e. The summed E-state index contributed by atoms with van der Waals surface area (Å²) < 4.78 is 4.88. The van der Waals surface area contributed by atoms with E-state index in [1.54, 1.807) is 31.2 Å². The normalized spacial score (nSPS) is 11.9. The molecule has 0 saturated heterocycles. The van der Waals surface area contributed by atoms with Crippen LogP contribution in [0, 0.1) is 5.92 Å². The van der Waals surface area contributed by atoms with Crippen molar-refractivity contribution in [1.82, 2.24) is 0 Å². The molecule has 0 aliphatic rings. The van der Waals surface area contributed by atoms with Gasteiger partial charge >= 0.3 is 5.97 Å². The first kappa shape index (κ1) is 13.7. The lowest BCUT2D eigenvalue weighted by atomic mass is 9.96. The molecule has 0 aliphatic heterocycles. The molecule has 0 saturated carbocycles. The summed E-state index contributed by atoms with van der Waals surface area (Å²) in [6.07, 6.45) is 0.353. The lowest BCUT2D eigenvalue weighted by Gasteiger charge is -2.12. The van der Waals surface area contributed by atoms with Crippen molar-refractivity contribution >= 4 is 23.4 Å². The van der Waals surface area contributed by atoms with Gasteiger partial charge in [-0.25, -0.2) is 0 Å². The molecule has 1 atom stereocenters. The van der Waals surface area contributed by atoms with Crippen LogP contribution in [0.25, 0.3) is 0 Å². The molecule has 3 nitrogen and oxygen atoms in total. The molecular weight excluding hydrogens is 240 g/mol. The van der Waals surface area contributed by atoms with E-state index in [-0.39, 0.29) is 12.4 Å². The van der Waals surface area contributed by atoms with Crippen LogP contribution in [-0.2, 0) is 20.7 Å². The number of esters is 1. The summed E-state index contributed by atoms with van der Waals surface area (Å²) in [5.74, 6) is -1.37. The van der Waals surface area contributed by atoms with Crippen molar-refractivity contribution in [2.75, 3.05) is 6.61 Å². The maximum absolute atomic E-state index is 11.6. The summed E-state index contributed by atoms with van der Waals surface area (Å²) in [6, 6.07) is 7.08. The topological polar surface area (TPSA) is 43.4 Å². The van der Waals surface area contributed by atoms with Gasteiger partial charge in [-0.2, -0.15) is 0 Å². The van der Waals surface area contributed by atoms with Gasteiger partial charge in [0.25, 0.3) is 0 Å². The van der Waals surface area contributed by atoms with E-state index in [1.165, 1.54) is 6.92 Å². The van der Waals surface area contributed by atoms with Crippen LogP contribution in [0.15, 0.2) is 24.3 Å². The monoisotopic (exact) mass is 254 g/mol. The Labute approximate surface area is 106 Å². The quantitative estimate of drug-likeness (QED) is 0.599. The number of carbonyl (C=O) groups excluding carboxylic acids is 2. The molecule has 0 fully saturated rings. The largest absolute Gasteiger partial charge is 0.465 e. The van der Waals surface area contributed by atoms with Crippen LogP contribution in [0.5, 0.6) is 0 Å². The fraction of sp³-hybridized carbons (Fsp3) is 0.385. The molecule has 1 aromatic carbocycles. The lowest BCUT2D eigenvalue weighted by molar-refractivity contribution is -0.151. The third-order valence-electron chi connectivity index (χ3n) is 2.41. The Bertz CT molecular complexity index is 398. The van der Waals surface area contributed by atoms with Crippen molar-refractivity contribution < 1.29 is 14.3 Å². The zero-order valence-electron chi connectivity index (χ0n) is 9.90. The number of ketones is 1. The highest BCUT2D eigenvalue weighted by atomic mass is 35.5. The van der Waals surface area contributed by atoms with Gasteiger partial charge in [0, 0.05) is 5.02 Å². The van der Waals surface area contributed by atoms with E-state index < -0.39 is 11.9 Å². The summed E-state index contributed by atoms with van der Waals surface area (Å²) in [7, 11) is 0. The first-order valence-corrected chi connectivity index (χ1v) is 5.84. The Balaban J connectivity index is 2.76. The van der Waals surface area contributed by atoms with E-state index in [0.717, 1.165) is 5.56 Å². The highest BCUT2D eigenvalue weighted by Gasteiger charge is 2.24. The predicted octanol–water partition coefficient (Wildman–Crippen LogP) is 2.65. The standard InChI is InChI=1S/C13H15ClO3/c1-3-17-13(16)12(9(2)15)8-10-4-6-11(14)7-5-10/h4-7,12H,3,8H2,1-2H3/t12-/m1/s1. The maximum atomic E-state index is 11.6. The Kier molecular flexibility index (Phi) is 5.16. The molecule has 0 aromatic heterocycles. The summed E-state index contributed by atoms with van der Waals surface area (Å²) in [5.41, 5.74) is 0.891. The van der Waals surface area contributed by atoms with Crippen molar-refractivity contribution in [2.24, 2.45) is 5.92 Å². The van der Waals surface area contributed by atoms with E-state index in [9.17, 15) is 9.59 Å². The number of hydrogen-bond donors (Lipinski definition) is 0. The minimum Gasteiger partial charge on any atom is -0.465 e. The van der Waals surface area contributed by atoms with Crippen molar-refractivity contribution in [3.8, 4) is 0 Å². The molecule has 1 aromatic rings. The molecule has 1 rings (SSSR count). The van der Waals surface area contributed by atoms with Crippen LogP contribution < -0.4 is 0 Å². The van der Waals surface area contributed by atoms with E-state index in [0.29, 0.717) is 11.4 Å². The first-order chi connectivity index (χ1) is 8.04.